The maximum Gasteiger partial charge on any atom is 0.269 e. The summed E-state index contributed by atoms with van der Waals surface area (Å²) in [5.74, 6) is 0.806. The zero-order valence-electron chi connectivity index (χ0n) is 58.3. The molecule has 11 rings (SSSR count). The molecular weight excluding hydrogens is 853 g/mol. The van der Waals surface area contributed by atoms with E-state index in [0.717, 1.165) is 21.9 Å². The Morgan fingerprint density at radius 2 is 1.26 bits per heavy atom. The lowest BCUT2D eigenvalue weighted by atomic mass is 9.77. The summed E-state index contributed by atoms with van der Waals surface area (Å²) in [7, 11) is 0. The molecule has 3 heterocycles. The Balaban J connectivity index is 1.14. The van der Waals surface area contributed by atoms with Crippen molar-refractivity contribution in [3.63, 3.8) is 0 Å². The van der Waals surface area contributed by atoms with Crippen LogP contribution in [-0.2, 0) is 10.8 Å². The van der Waals surface area contributed by atoms with Gasteiger partial charge in [-0.15, -0.1) is 0 Å². The molecule has 0 unspecified atom stereocenters. The highest BCUT2D eigenvalue weighted by molar-refractivity contribution is 6.09. The van der Waals surface area contributed by atoms with Crippen molar-refractivity contribution < 1.29 is 35.3 Å². The van der Waals surface area contributed by atoms with Crippen molar-refractivity contribution in [1.82, 2.24) is 14.1 Å². The summed E-state index contributed by atoms with van der Waals surface area (Å²) in [4.78, 5) is 4.71. The van der Waals surface area contributed by atoms with Gasteiger partial charge in [0.05, 0.1) is 47.1 Å². The second-order valence-electron chi connectivity index (χ2n) is 19.3. The van der Waals surface area contributed by atoms with Gasteiger partial charge in [0, 0.05) is 40.9 Å². The van der Waals surface area contributed by atoms with Gasteiger partial charge < -0.3 is 4.74 Å². The molecule has 0 radical (unpaired) electrons. The van der Waals surface area contributed by atoms with Crippen LogP contribution in [0.5, 0.6) is 11.5 Å². The standard InChI is InChI=1S/C65H58N4O/c1-42-20-18-21-43(2)62(42)47-30-33-58-60(35-47)67(41-68(58)63-54(45-22-12-10-13-23-45)36-48(64(4,5)6)37-56(63)65(7,8)9)49-26-19-27-50(38-49)70-51-31-32-53-52-28-16-17-29-57(52)69(59(53)39-51)61-34-44(3)55(40-66-61)46-24-14-11-15-25-46/h10-40H,1-9H3/i1D3,2D3,3D3,10D,11D,12D,13D,14D,15D,22D,23D,24D,25D. The van der Waals surface area contributed by atoms with Crippen LogP contribution in [0.3, 0.4) is 0 Å². The van der Waals surface area contributed by atoms with Gasteiger partial charge >= 0.3 is 0 Å². The summed E-state index contributed by atoms with van der Waals surface area (Å²) >= 11 is 0. The third kappa shape index (κ3) is 7.95. The van der Waals surface area contributed by atoms with E-state index in [9.17, 15) is 2.74 Å². The first-order valence-corrected chi connectivity index (χ1v) is 22.8. The fourth-order valence-electron chi connectivity index (χ4n) is 9.17. The molecule has 344 valence electrons. The average Bonchev–Trinajstić information content (AvgIpc) is 1.74. The lowest BCUT2D eigenvalue weighted by Gasteiger charge is -2.30. The summed E-state index contributed by atoms with van der Waals surface area (Å²) in [6.45, 7) is 3.79. The molecule has 0 aliphatic rings. The number of hydrogen-bond donors (Lipinski definition) is 0. The number of ether oxygens (including phenoxy) is 1. The number of rotatable bonds is 8. The third-order valence-electron chi connectivity index (χ3n) is 12.6. The molecule has 5 nitrogen and oxygen atoms in total. The number of para-hydroxylation sites is 1. The van der Waals surface area contributed by atoms with Crippen molar-refractivity contribution in [2.45, 2.75) is 72.9 Å². The minimum Gasteiger partial charge on any atom is -0.458 e. The monoisotopic (exact) mass is 930 g/mol. The minimum absolute atomic E-state index is 0.00173. The van der Waals surface area contributed by atoms with E-state index in [4.69, 9.17) is 33.0 Å². The number of nitrogens with zero attached hydrogens (tertiary/aromatic N) is 4. The van der Waals surface area contributed by atoms with Gasteiger partial charge in [0.15, 0.2) is 0 Å². The van der Waals surface area contributed by atoms with Crippen molar-refractivity contribution >= 4 is 32.8 Å². The van der Waals surface area contributed by atoms with Crippen molar-refractivity contribution in [3.8, 4) is 62.1 Å². The summed E-state index contributed by atoms with van der Waals surface area (Å²) in [5.41, 5.74) is 2.77. The predicted octanol–water partition coefficient (Wildman–Crippen LogP) is 16.5. The molecule has 0 saturated heterocycles. The summed E-state index contributed by atoms with van der Waals surface area (Å²) in [6, 6.07) is 28.8. The smallest absolute Gasteiger partial charge is 0.269 e. The second kappa shape index (κ2) is 17.2. The van der Waals surface area contributed by atoms with Crippen molar-refractivity contribution in [2.24, 2.45) is 0 Å². The lowest BCUT2D eigenvalue weighted by Crippen LogP contribution is -2.35. The molecule has 70 heavy (non-hydrogen) atoms. The number of fused-ring (bicyclic) bond motifs is 4. The molecule has 0 amide bonds. The predicted molar refractivity (Wildman–Crippen MR) is 290 cm³/mol. The van der Waals surface area contributed by atoms with Crippen LogP contribution in [0.1, 0.15) is 95.4 Å². The van der Waals surface area contributed by atoms with E-state index in [1.165, 1.54) is 30.5 Å². The SMILES string of the molecule is [2H]c1c([2H])c([2H])c(-c2cnc(-n3c4ccccc4c4ccc(Oc5cccc(-n6[c-][n+](-c7c(-c8c([2H])c([2H])c([2H])c([2H])c8[2H])cc(C(C)(C)C)cc7C(C)(C)C)c7ccc(-c8c(C([2H])([2H])[2H])cccc8C([2H])([2H])[2H])cc76)c5)cc43)cc2C([2H])([2H])[2H])c([2H])c1[2H]. The third-order valence-corrected chi connectivity index (χ3v) is 12.6. The minimum atomic E-state index is -2.83. The van der Waals surface area contributed by atoms with Gasteiger partial charge in [0.1, 0.15) is 17.3 Å². The van der Waals surface area contributed by atoms with Crippen LogP contribution in [0.25, 0.3) is 83.4 Å². The maximum absolute atomic E-state index is 9.34. The average molecular weight is 930 g/mol. The Morgan fingerprint density at radius 3 is 1.97 bits per heavy atom. The molecule has 0 atom stereocenters. The summed E-state index contributed by atoms with van der Waals surface area (Å²) < 4.78 is 176. The van der Waals surface area contributed by atoms with Gasteiger partial charge in [0.2, 0.25) is 0 Å². The van der Waals surface area contributed by atoms with Crippen molar-refractivity contribution in [1.29, 1.82) is 0 Å². The van der Waals surface area contributed by atoms with E-state index in [2.05, 4.69) is 12.4 Å². The lowest BCUT2D eigenvalue weighted by molar-refractivity contribution is -0.572. The second-order valence-corrected chi connectivity index (χ2v) is 19.3. The van der Waals surface area contributed by atoms with Crippen molar-refractivity contribution in [2.75, 3.05) is 0 Å². The van der Waals surface area contributed by atoms with E-state index >= 15 is 0 Å². The van der Waals surface area contributed by atoms with Gasteiger partial charge in [-0.05, 0) is 136 Å². The largest absolute Gasteiger partial charge is 0.458 e. The molecule has 3 aromatic heterocycles. The molecule has 0 fully saturated rings. The molecule has 0 aliphatic heterocycles. The molecular formula is C65H58N4O. The summed E-state index contributed by atoms with van der Waals surface area (Å²) in [5, 5.41) is 1.53. The maximum atomic E-state index is 9.34. The first kappa shape index (κ1) is 27.8. The molecule has 0 spiro atoms. The molecule has 5 heteroatoms. The van der Waals surface area contributed by atoms with Gasteiger partial charge in [-0.2, -0.15) is 0 Å². The Labute approximate surface area is 438 Å². The molecule has 0 saturated carbocycles. The highest BCUT2D eigenvalue weighted by Crippen LogP contribution is 2.41. The molecule has 0 aliphatic carbocycles. The van der Waals surface area contributed by atoms with Crippen molar-refractivity contribution in [3.05, 3.63) is 222 Å². The van der Waals surface area contributed by atoms with Gasteiger partial charge in [-0.25, -0.2) is 4.98 Å². The Hall–Kier alpha value is -8.02. The highest BCUT2D eigenvalue weighted by Gasteiger charge is 2.29. The Morgan fingerprint density at radius 1 is 0.571 bits per heavy atom. The Bertz CT molecular complexity index is 4660. The number of imidazole rings is 1. The number of aromatic nitrogens is 4. The zero-order chi connectivity index (χ0) is 64.7. The van der Waals surface area contributed by atoms with E-state index in [-0.39, 0.29) is 50.3 Å². The number of hydrogen-bond acceptors (Lipinski definition) is 2. The van der Waals surface area contributed by atoms with Gasteiger partial charge in [-0.1, -0.05) is 169 Å². The molecule has 0 bridgehead atoms. The van der Waals surface area contributed by atoms with Crippen LogP contribution < -0.4 is 9.30 Å². The quantitative estimate of drug-likeness (QED) is 0.112. The highest BCUT2D eigenvalue weighted by atomic mass is 16.5. The van der Waals surface area contributed by atoms with E-state index in [1.807, 2.05) is 77.9 Å². The number of pyridine rings is 1. The number of benzene rings is 8. The van der Waals surface area contributed by atoms with Crippen LogP contribution in [0.4, 0.5) is 0 Å². The van der Waals surface area contributed by atoms with Gasteiger partial charge in [0.25, 0.3) is 6.33 Å². The molecule has 0 N–H and O–H groups in total. The van der Waals surface area contributed by atoms with Crippen LogP contribution in [-0.4, -0.2) is 14.1 Å². The van der Waals surface area contributed by atoms with E-state index in [1.54, 1.807) is 68.3 Å². The first-order valence-electron chi connectivity index (χ1n) is 32.3. The zero-order valence-corrected chi connectivity index (χ0v) is 39.3. The number of aryl methyl sites for hydroxylation is 3. The van der Waals surface area contributed by atoms with E-state index < -0.39 is 91.8 Å². The molecule has 11 aromatic rings. The fourth-order valence-corrected chi connectivity index (χ4v) is 9.17. The van der Waals surface area contributed by atoms with Crippen LogP contribution in [0.2, 0.25) is 0 Å². The first-order chi connectivity index (χ1) is 41.5. The normalized spacial score (nSPS) is 16.5. The van der Waals surface area contributed by atoms with Crippen LogP contribution >= 0.6 is 0 Å². The van der Waals surface area contributed by atoms with Gasteiger partial charge in [-0.3, -0.25) is 13.7 Å². The Kier molecular flexibility index (Phi) is 6.84. The van der Waals surface area contributed by atoms with Crippen LogP contribution in [0.15, 0.2) is 188 Å². The molecule has 8 aromatic carbocycles. The van der Waals surface area contributed by atoms with E-state index in [0.29, 0.717) is 50.5 Å². The summed E-state index contributed by atoms with van der Waals surface area (Å²) in [6.07, 6.45) is 4.77. The fraction of sp³-hybridized carbons (Fsp3) is 0.169. The topological polar surface area (TPSA) is 35.9 Å². The van der Waals surface area contributed by atoms with Crippen LogP contribution in [0, 0.1) is 26.9 Å².